The maximum absolute atomic E-state index is 11.0. The summed E-state index contributed by atoms with van der Waals surface area (Å²) in [5, 5.41) is 9.05. The number of carbonyl (C=O) groups is 1. The van der Waals surface area contributed by atoms with E-state index in [0.29, 0.717) is 11.5 Å². The van der Waals surface area contributed by atoms with Crippen LogP contribution < -0.4 is 0 Å². The molecule has 0 aliphatic heterocycles. The summed E-state index contributed by atoms with van der Waals surface area (Å²) in [5.41, 5.74) is 2.41. The van der Waals surface area contributed by atoms with Crippen molar-refractivity contribution in [3.05, 3.63) is 29.2 Å². The van der Waals surface area contributed by atoms with Crippen LogP contribution in [-0.4, -0.2) is 26.0 Å². The van der Waals surface area contributed by atoms with E-state index in [1.165, 1.54) is 17.5 Å². The largest absolute Gasteiger partial charge is 0.478 e. The first-order chi connectivity index (χ1) is 8.09. The Morgan fingerprint density at radius 1 is 1.41 bits per heavy atom. The molecule has 88 valence electrons. The first-order valence-corrected chi connectivity index (χ1v) is 5.96. The number of aromatic nitrogens is 3. The Kier molecular flexibility index (Phi) is 3.14. The van der Waals surface area contributed by atoms with Crippen molar-refractivity contribution in [2.75, 3.05) is 0 Å². The predicted octanol–water partition coefficient (Wildman–Crippen LogP) is 2.42. The van der Waals surface area contributed by atoms with Crippen molar-refractivity contribution >= 4 is 17.3 Å². The summed E-state index contributed by atoms with van der Waals surface area (Å²) in [6.45, 7) is 3.82. The monoisotopic (exact) mass is 249 g/mol. The Bertz CT molecular complexity index is 538. The summed E-state index contributed by atoms with van der Waals surface area (Å²) >= 11 is 1.43. The van der Waals surface area contributed by atoms with Crippen LogP contribution in [0.25, 0.3) is 10.7 Å². The smallest absolute Gasteiger partial charge is 0.339 e. The van der Waals surface area contributed by atoms with Gasteiger partial charge in [-0.15, -0.1) is 11.3 Å². The second kappa shape index (κ2) is 4.58. The normalized spacial score (nSPS) is 10.8. The van der Waals surface area contributed by atoms with E-state index in [0.717, 1.165) is 4.88 Å². The van der Waals surface area contributed by atoms with E-state index < -0.39 is 5.97 Å². The van der Waals surface area contributed by atoms with E-state index in [1.54, 1.807) is 11.7 Å². The number of nitrogens with zero attached hydrogens (tertiary/aromatic N) is 3. The Hall–Kier alpha value is -1.82. The second-order valence-electron chi connectivity index (χ2n) is 3.82. The van der Waals surface area contributed by atoms with E-state index in [4.69, 9.17) is 5.11 Å². The lowest BCUT2D eigenvalue weighted by atomic mass is 10.1. The molecular weight excluding hydrogens is 238 g/mol. The Labute approximate surface area is 102 Å². The Balaban J connectivity index is 2.53. The predicted molar refractivity (Wildman–Crippen MR) is 64.2 cm³/mol. The lowest BCUT2D eigenvalue weighted by Crippen LogP contribution is -2.08. The van der Waals surface area contributed by atoms with Crippen LogP contribution in [0.15, 0.2) is 17.9 Å². The SMILES string of the molecule is CC(C)c1nc(-c2cncs2)ncc1C(=O)O. The highest BCUT2D eigenvalue weighted by Crippen LogP contribution is 2.23. The number of aromatic carboxylic acids is 1. The van der Waals surface area contributed by atoms with E-state index in [2.05, 4.69) is 15.0 Å². The zero-order valence-corrected chi connectivity index (χ0v) is 10.2. The summed E-state index contributed by atoms with van der Waals surface area (Å²) in [4.78, 5) is 24.2. The molecule has 0 radical (unpaired) electrons. The molecule has 0 aliphatic carbocycles. The highest BCUT2D eigenvalue weighted by atomic mass is 32.1. The van der Waals surface area contributed by atoms with Gasteiger partial charge in [0.2, 0.25) is 0 Å². The van der Waals surface area contributed by atoms with Gasteiger partial charge in [0.1, 0.15) is 0 Å². The average Bonchev–Trinajstić information content (AvgIpc) is 2.81. The van der Waals surface area contributed by atoms with E-state index in [9.17, 15) is 4.79 Å². The highest BCUT2D eigenvalue weighted by molar-refractivity contribution is 7.13. The minimum atomic E-state index is -0.996. The fourth-order valence-corrected chi connectivity index (χ4v) is 2.01. The molecule has 0 saturated heterocycles. The fraction of sp³-hybridized carbons (Fsp3) is 0.273. The lowest BCUT2D eigenvalue weighted by Gasteiger charge is -2.09. The zero-order chi connectivity index (χ0) is 12.4. The van der Waals surface area contributed by atoms with Crippen LogP contribution in [0.2, 0.25) is 0 Å². The fourth-order valence-electron chi connectivity index (χ4n) is 1.44. The molecular formula is C11H11N3O2S. The third-order valence-electron chi connectivity index (χ3n) is 2.25. The molecule has 0 fully saturated rings. The highest BCUT2D eigenvalue weighted by Gasteiger charge is 2.17. The molecule has 0 atom stereocenters. The van der Waals surface area contributed by atoms with Crippen molar-refractivity contribution < 1.29 is 9.90 Å². The van der Waals surface area contributed by atoms with Crippen LogP contribution in [0, 0.1) is 0 Å². The number of carboxylic acids is 1. The molecule has 0 unspecified atom stereocenters. The molecule has 2 heterocycles. The zero-order valence-electron chi connectivity index (χ0n) is 9.41. The number of rotatable bonds is 3. The maximum atomic E-state index is 11.0. The second-order valence-corrected chi connectivity index (χ2v) is 4.70. The van der Waals surface area contributed by atoms with Gasteiger partial charge in [-0.2, -0.15) is 0 Å². The molecule has 0 amide bonds. The van der Waals surface area contributed by atoms with Crippen molar-refractivity contribution in [1.29, 1.82) is 0 Å². The quantitative estimate of drug-likeness (QED) is 0.904. The molecule has 0 bridgehead atoms. The number of thiazole rings is 1. The van der Waals surface area contributed by atoms with Crippen molar-refractivity contribution in [2.45, 2.75) is 19.8 Å². The molecule has 0 aliphatic rings. The van der Waals surface area contributed by atoms with E-state index in [1.807, 2.05) is 13.8 Å². The van der Waals surface area contributed by atoms with Gasteiger partial charge in [0, 0.05) is 12.4 Å². The number of carboxylic acid groups (broad SMARTS) is 1. The Morgan fingerprint density at radius 2 is 2.18 bits per heavy atom. The first-order valence-electron chi connectivity index (χ1n) is 5.08. The van der Waals surface area contributed by atoms with Gasteiger partial charge in [-0.3, -0.25) is 4.98 Å². The van der Waals surface area contributed by atoms with Gasteiger partial charge in [-0.05, 0) is 5.92 Å². The van der Waals surface area contributed by atoms with Crippen LogP contribution >= 0.6 is 11.3 Å². The molecule has 6 heteroatoms. The van der Waals surface area contributed by atoms with Crippen LogP contribution in [0.5, 0.6) is 0 Å². The van der Waals surface area contributed by atoms with Gasteiger partial charge >= 0.3 is 5.97 Å². The minimum Gasteiger partial charge on any atom is -0.478 e. The first kappa shape index (κ1) is 11.7. The Morgan fingerprint density at radius 3 is 2.71 bits per heavy atom. The average molecular weight is 249 g/mol. The molecule has 1 N–H and O–H groups in total. The maximum Gasteiger partial charge on any atom is 0.339 e. The molecule has 2 rings (SSSR count). The summed E-state index contributed by atoms with van der Waals surface area (Å²) in [6, 6.07) is 0. The molecule has 0 spiro atoms. The van der Waals surface area contributed by atoms with Crippen LogP contribution in [0.4, 0.5) is 0 Å². The van der Waals surface area contributed by atoms with Crippen molar-refractivity contribution in [1.82, 2.24) is 15.0 Å². The van der Waals surface area contributed by atoms with Gasteiger partial charge in [-0.1, -0.05) is 13.8 Å². The van der Waals surface area contributed by atoms with E-state index >= 15 is 0 Å². The molecule has 2 aromatic rings. The summed E-state index contributed by atoms with van der Waals surface area (Å²) in [5.74, 6) is -0.429. The molecule has 2 aromatic heterocycles. The molecule has 0 aromatic carbocycles. The molecule has 17 heavy (non-hydrogen) atoms. The van der Waals surface area contributed by atoms with Crippen LogP contribution in [0.1, 0.15) is 35.8 Å². The third kappa shape index (κ3) is 2.31. The van der Waals surface area contributed by atoms with Gasteiger partial charge in [0.15, 0.2) is 5.82 Å². The number of hydrogen-bond acceptors (Lipinski definition) is 5. The van der Waals surface area contributed by atoms with Gasteiger partial charge in [-0.25, -0.2) is 14.8 Å². The molecule has 0 saturated carbocycles. The van der Waals surface area contributed by atoms with Crippen LogP contribution in [0.3, 0.4) is 0 Å². The topological polar surface area (TPSA) is 76.0 Å². The van der Waals surface area contributed by atoms with Crippen LogP contribution in [-0.2, 0) is 0 Å². The minimum absolute atomic E-state index is 0.0378. The summed E-state index contributed by atoms with van der Waals surface area (Å²) < 4.78 is 0. The molecule has 5 nitrogen and oxygen atoms in total. The van der Waals surface area contributed by atoms with Crippen molar-refractivity contribution in [3.63, 3.8) is 0 Å². The van der Waals surface area contributed by atoms with Crippen molar-refractivity contribution in [2.24, 2.45) is 0 Å². The van der Waals surface area contributed by atoms with Gasteiger partial charge in [0.25, 0.3) is 0 Å². The van der Waals surface area contributed by atoms with Gasteiger partial charge < -0.3 is 5.11 Å². The van der Waals surface area contributed by atoms with Gasteiger partial charge in [0.05, 0.1) is 21.6 Å². The standard InChI is InChI=1S/C11H11N3O2S/c1-6(2)9-7(11(15)16)3-13-10(14-9)8-4-12-5-17-8/h3-6H,1-2H3,(H,15,16). The number of hydrogen-bond donors (Lipinski definition) is 1. The third-order valence-corrected chi connectivity index (χ3v) is 3.02. The lowest BCUT2D eigenvalue weighted by molar-refractivity contribution is 0.0694. The summed E-state index contributed by atoms with van der Waals surface area (Å²) in [7, 11) is 0. The van der Waals surface area contributed by atoms with Crippen molar-refractivity contribution in [3.8, 4) is 10.7 Å². The van der Waals surface area contributed by atoms with E-state index in [-0.39, 0.29) is 11.5 Å². The summed E-state index contributed by atoms with van der Waals surface area (Å²) in [6.07, 6.45) is 3.03.